The summed E-state index contributed by atoms with van der Waals surface area (Å²) in [7, 11) is 0. The van der Waals surface area contributed by atoms with E-state index in [1.165, 1.54) is 30.3 Å². The van der Waals surface area contributed by atoms with Crippen molar-refractivity contribution in [3.63, 3.8) is 0 Å². The predicted octanol–water partition coefficient (Wildman–Crippen LogP) is 1.86. The molecule has 0 saturated heterocycles. The first-order chi connectivity index (χ1) is 8.08. The second-order valence-corrected chi connectivity index (χ2v) is 3.64. The smallest absolute Gasteiger partial charge is 0.249 e. The van der Waals surface area contributed by atoms with Crippen LogP contribution in [-0.2, 0) is 0 Å². The number of rotatable bonds is 2. The van der Waals surface area contributed by atoms with Crippen molar-refractivity contribution < 1.29 is 15.0 Å². The molecule has 0 bridgehead atoms. The molecule has 0 aliphatic heterocycles. The summed E-state index contributed by atoms with van der Waals surface area (Å²) in [5.41, 5.74) is 6.83. The molecule has 0 fully saturated rings. The number of hydrogen-bond acceptors (Lipinski definition) is 3. The number of phenolic OH excluding ortho intramolecular Hbond substituents is 2. The van der Waals surface area contributed by atoms with Crippen molar-refractivity contribution in [2.24, 2.45) is 5.73 Å². The monoisotopic (exact) mass is 229 g/mol. The second-order valence-electron chi connectivity index (χ2n) is 3.64. The molecule has 0 aliphatic carbocycles. The lowest BCUT2D eigenvalue weighted by Gasteiger charge is -2.07. The lowest BCUT2D eigenvalue weighted by atomic mass is 9.99. The number of amides is 1. The molecule has 4 nitrogen and oxygen atoms in total. The minimum absolute atomic E-state index is 0.0538. The van der Waals surface area contributed by atoms with E-state index in [1.807, 2.05) is 0 Å². The summed E-state index contributed by atoms with van der Waals surface area (Å²) < 4.78 is 0. The Morgan fingerprint density at radius 1 is 0.941 bits per heavy atom. The third-order valence-electron chi connectivity index (χ3n) is 2.45. The Morgan fingerprint density at radius 3 is 2.12 bits per heavy atom. The van der Waals surface area contributed by atoms with Crippen LogP contribution in [0.25, 0.3) is 11.1 Å². The highest BCUT2D eigenvalue weighted by Crippen LogP contribution is 2.28. The van der Waals surface area contributed by atoms with E-state index in [4.69, 9.17) is 5.73 Å². The van der Waals surface area contributed by atoms with Crippen LogP contribution in [0.4, 0.5) is 0 Å². The van der Waals surface area contributed by atoms with Crippen molar-refractivity contribution in [1.29, 1.82) is 0 Å². The minimum atomic E-state index is -0.562. The molecule has 0 aliphatic rings. The quantitative estimate of drug-likeness (QED) is 0.735. The van der Waals surface area contributed by atoms with Gasteiger partial charge in [-0.25, -0.2) is 0 Å². The molecule has 4 N–H and O–H groups in total. The fraction of sp³-hybridized carbons (Fsp3) is 0. The summed E-state index contributed by atoms with van der Waals surface area (Å²) in [4.78, 5) is 11.3. The number of aromatic hydroxyl groups is 2. The van der Waals surface area contributed by atoms with Crippen molar-refractivity contribution >= 4 is 5.91 Å². The van der Waals surface area contributed by atoms with Crippen molar-refractivity contribution in [3.05, 3.63) is 48.0 Å². The van der Waals surface area contributed by atoms with Gasteiger partial charge in [-0.05, 0) is 41.5 Å². The number of carbonyl (C=O) groups is 1. The van der Waals surface area contributed by atoms with Gasteiger partial charge in [-0.15, -0.1) is 0 Å². The SMILES string of the molecule is NC(=O)c1ccc(O)cc1-c1ccc(O)cc1. The Hall–Kier alpha value is -2.49. The van der Waals surface area contributed by atoms with Crippen LogP contribution < -0.4 is 5.73 Å². The van der Waals surface area contributed by atoms with Gasteiger partial charge < -0.3 is 15.9 Å². The van der Waals surface area contributed by atoms with Crippen molar-refractivity contribution in [2.45, 2.75) is 0 Å². The molecule has 86 valence electrons. The molecule has 2 rings (SSSR count). The van der Waals surface area contributed by atoms with Crippen LogP contribution in [0.2, 0.25) is 0 Å². The lowest BCUT2D eigenvalue weighted by molar-refractivity contribution is 0.100. The summed E-state index contributed by atoms with van der Waals surface area (Å²) >= 11 is 0. The topological polar surface area (TPSA) is 83.6 Å². The van der Waals surface area contributed by atoms with E-state index in [9.17, 15) is 15.0 Å². The molecule has 0 unspecified atom stereocenters. The van der Waals surface area contributed by atoms with Gasteiger partial charge in [0.15, 0.2) is 0 Å². The Balaban J connectivity index is 2.60. The Bertz CT molecular complexity index is 561. The maximum Gasteiger partial charge on any atom is 0.249 e. The summed E-state index contributed by atoms with van der Waals surface area (Å²) in [5, 5.41) is 18.6. The number of hydrogen-bond donors (Lipinski definition) is 3. The van der Waals surface area contributed by atoms with E-state index < -0.39 is 5.91 Å². The molecule has 0 spiro atoms. The highest BCUT2D eigenvalue weighted by atomic mass is 16.3. The molecule has 0 heterocycles. The maximum absolute atomic E-state index is 11.3. The Labute approximate surface area is 97.9 Å². The van der Waals surface area contributed by atoms with E-state index in [-0.39, 0.29) is 11.5 Å². The number of nitrogens with two attached hydrogens (primary N) is 1. The fourth-order valence-electron chi connectivity index (χ4n) is 1.63. The summed E-state index contributed by atoms with van der Waals surface area (Å²) in [6.07, 6.45) is 0. The van der Waals surface area contributed by atoms with Gasteiger partial charge in [0.2, 0.25) is 5.91 Å². The fourth-order valence-corrected chi connectivity index (χ4v) is 1.63. The van der Waals surface area contributed by atoms with Crippen LogP contribution in [0, 0.1) is 0 Å². The lowest BCUT2D eigenvalue weighted by Crippen LogP contribution is -2.12. The molecule has 0 radical (unpaired) electrons. The van der Waals surface area contributed by atoms with Crippen molar-refractivity contribution in [1.82, 2.24) is 0 Å². The summed E-state index contributed by atoms with van der Waals surface area (Å²) in [5.74, 6) is -0.374. The maximum atomic E-state index is 11.3. The first-order valence-electron chi connectivity index (χ1n) is 5.00. The Kier molecular flexibility index (Phi) is 2.70. The first-order valence-corrected chi connectivity index (χ1v) is 5.00. The van der Waals surface area contributed by atoms with Crippen LogP contribution in [0.5, 0.6) is 11.5 Å². The number of benzene rings is 2. The second kappa shape index (κ2) is 4.17. The number of carbonyl (C=O) groups excluding carboxylic acids is 1. The first kappa shape index (κ1) is 11.0. The van der Waals surface area contributed by atoms with E-state index in [0.717, 1.165) is 0 Å². The minimum Gasteiger partial charge on any atom is -0.508 e. The average Bonchev–Trinajstić information content (AvgIpc) is 2.29. The standard InChI is InChI=1S/C13H11NO3/c14-13(17)11-6-5-10(16)7-12(11)8-1-3-9(15)4-2-8/h1-7,15-16H,(H2,14,17). The highest BCUT2D eigenvalue weighted by Gasteiger charge is 2.10. The van der Waals surface area contributed by atoms with Crippen LogP contribution in [0.3, 0.4) is 0 Å². The van der Waals surface area contributed by atoms with Gasteiger partial charge in [0.25, 0.3) is 0 Å². The molecule has 0 saturated carbocycles. The average molecular weight is 229 g/mol. The van der Waals surface area contributed by atoms with Gasteiger partial charge in [0.1, 0.15) is 11.5 Å². The molecular formula is C13H11NO3. The van der Waals surface area contributed by atoms with E-state index in [2.05, 4.69) is 0 Å². The third kappa shape index (κ3) is 2.20. The van der Waals surface area contributed by atoms with Gasteiger partial charge in [-0.1, -0.05) is 12.1 Å². The highest BCUT2D eigenvalue weighted by molar-refractivity contribution is 6.00. The molecule has 2 aromatic rings. The molecule has 4 heteroatoms. The van der Waals surface area contributed by atoms with E-state index >= 15 is 0 Å². The zero-order valence-corrected chi connectivity index (χ0v) is 8.92. The van der Waals surface area contributed by atoms with Gasteiger partial charge in [0.05, 0.1) is 0 Å². The van der Waals surface area contributed by atoms with Gasteiger partial charge in [-0.3, -0.25) is 4.79 Å². The number of primary amides is 1. The zero-order valence-electron chi connectivity index (χ0n) is 8.92. The van der Waals surface area contributed by atoms with Crippen LogP contribution >= 0.6 is 0 Å². The van der Waals surface area contributed by atoms with E-state index in [0.29, 0.717) is 16.7 Å². The summed E-state index contributed by atoms with van der Waals surface area (Å²) in [6, 6.07) is 10.7. The van der Waals surface area contributed by atoms with Gasteiger partial charge in [0, 0.05) is 5.56 Å². The van der Waals surface area contributed by atoms with Crippen molar-refractivity contribution in [2.75, 3.05) is 0 Å². The van der Waals surface area contributed by atoms with Gasteiger partial charge in [-0.2, -0.15) is 0 Å². The predicted molar refractivity (Wildman–Crippen MR) is 63.7 cm³/mol. The van der Waals surface area contributed by atoms with Gasteiger partial charge >= 0.3 is 0 Å². The normalized spacial score (nSPS) is 10.1. The van der Waals surface area contributed by atoms with Crippen molar-refractivity contribution in [3.8, 4) is 22.6 Å². The van der Waals surface area contributed by atoms with Crippen LogP contribution in [0.15, 0.2) is 42.5 Å². The van der Waals surface area contributed by atoms with Crippen LogP contribution in [-0.4, -0.2) is 16.1 Å². The molecule has 2 aromatic carbocycles. The molecule has 0 atom stereocenters. The van der Waals surface area contributed by atoms with E-state index in [1.54, 1.807) is 12.1 Å². The molecule has 17 heavy (non-hydrogen) atoms. The molecule has 0 aromatic heterocycles. The molecular weight excluding hydrogens is 218 g/mol. The largest absolute Gasteiger partial charge is 0.508 e. The molecule has 1 amide bonds. The zero-order chi connectivity index (χ0) is 12.4. The summed E-state index contributed by atoms with van der Waals surface area (Å²) in [6.45, 7) is 0. The number of phenols is 2. The third-order valence-corrected chi connectivity index (χ3v) is 2.45. The Morgan fingerprint density at radius 2 is 1.53 bits per heavy atom. The van der Waals surface area contributed by atoms with Crippen LogP contribution in [0.1, 0.15) is 10.4 Å².